The van der Waals surface area contributed by atoms with E-state index in [9.17, 15) is 9.59 Å². The van der Waals surface area contributed by atoms with E-state index in [1.54, 1.807) is 0 Å². The van der Waals surface area contributed by atoms with E-state index in [1.165, 1.54) is 13.8 Å². The van der Waals surface area contributed by atoms with Gasteiger partial charge in [-0.25, -0.2) is 0 Å². The van der Waals surface area contributed by atoms with Crippen LogP contribution in [-0.2, 0) is 9.59 Å². The number of amides is 1. The van der Waals surface area contributed by atoms with Gasteiger partial charge in [0.1, 0.15) is 0 Å². The molecule has 3 nitrogen and oxygen atoms in total. The first-order valence-corrected chi connectivity index (χ1v) is 4.35. The van der Waals surface area contributed by atoms with Crippen molar-refractivity contribution in [1.82, 2.24) is 5.32 Å². The van der Waals surface area contributed by atoms with Crippen molar-refractivity contribution < 1.29 is 9.59 Å². The average molecular weight is 171 g/mol. The number of unbranched alkanes of at least 4 members (excludes halogenated alkanes) is 1. The third kappa shape index (κ3) is 4.88. The maximum absolute atomic E-state index is 11.0. The van der Waals surface area contributed by atoms with Crippen LogP contribution >= 0.6 is 0 Å². The Labute approximate surface area is 73.5 Å². The van der Waals surface area contributed by atoms with E-state index < -0.39 is 0 Å². The van der Waals surface area contributed by atoms with E-state index in [0.717, 1.165) is 19.3 Å². The number of rotatable bonds is 5. The van der Waals surface area contributed by atoms with Gasteiger partial charge in [-0.15, -0.1) is 0 Å². The summed E-state index contributed by atoms with van der Waals surface area (Å²) in [7, 11) is 0. The van der Waals surface area contributed by atoms with E-state index in [4.69, 9.17) is 0 Å². The number of hydrogen-bond acceptors (Lipinski definition) is 2. The third-order valence-corrected chi connectivity index (χ3v) is 1.71. The fraction of sp³-hybridized carbons (Fsp3) is 0.778. The number of carbonyl (C=O) groups is 2. The lowest BCUT2D eigenvalue weighted by Crippen LogP contribution is -2.38. The van der Waals surface area contributed by atoms with Gasteiger partial charge in [0.05, 0.1) is 6.04 Å². The first-order valence-electron chi connectivity index (χ1n) is 4.35. The topological polar surface area (TPSA) is 46.2 Å². The normalized spacial score (nSPS) is 12.2. The lowest BCUT2D eigenvalue weighted by molar-refractivity contribution is -0.125. The van der Waals surface area contributed by atoms with Crippen LogP contribution in [0.15, 0.2) is 0 Å². The second-order valence-corrected chi connectivity index (χ2v) is 3.01. The number of nitrogens with one attached hydrogen (secondary N) is 1. The minimum Gasteiger partial charge on any atom is -0.347 e. The largest absolute Gasteiger partial charge is 0.347 e. The van der Waals surface area contributed by atoms with E-state index in [-0.39, 0.29) is 17.7 Å². The summed E-state index contributed by atoms with van der Waals surface area (Å²) in [5.41, 5.74) is 0. The van der Waals surface area contributed by atoms with Crippen LogP contribution in [0.5, 0.6) is 0 Å². The summed E-state index contributed by atoms with van der Waals surface area (Å²) in [4.78, 5) is 21.6. The Kier molecular flexibility index (Phi) is 5.34. The maximum atomic E-state index is 11.0. The zero-order chi connectivity index (χ0) is 9.56. The molecule has 0 bridgehead atoms. The Morgan fingerprint density at radius 2 is 1.92 bits per heavy atom. The third-order valence-electron chi connectivity index (χ3n) is 1.71. The molecule has 12 heavy (non-hydrogen) atoms. The summed E-state index contributed by atoms with van der Waals surface area (Å²) >= 11 is 0. The van der Waals surface area contributed by atoms with Gasteiger partial charge in [0.2, 0.25) is 5.91 Å². The van der Waals surface area contributed by atoms with Crippen molar-refractivity contribution in [2.45, 2.75) is 46.1 Å². The summed E-state index contributed by atoms with van der Waals surface area (Å²) < 4.78 is 0. The molecule has 1 atom stereocenters. The minimum atomic E-state index is -0.276. The predicted molar refractivity (Wildman–Crippen MR) is 47.8 cm³/mol. The fourth-order valence-electron chi connectivity index (χ4n) is 1.03. The zero-order valence-electron chi connectivity index (χ0n) is 8.02. The van der Waals surface area contributed by atoms with Crippen LogP contribution in [0.2, 0.25) is 0 Å². The molecule has 1 amide bonds. The number of hydrogen-bond donors (Lipinski definition) is 1. The Morgan fingerprint density at radius 3 is 2.25 bits per heavy atom. The van der Waals surface area contributed by atoms with Crippen LogP contribution in [0.1, 0.15) is 40.0 Å². The SMILES string of the molecule is CCCC[C@H](NC(C)=O)C(C)=O. The summed E-state index contributed by atoms with van der Waals surface area (Å²) in [5, 5.41) is 2.63. The Hall–Kier alpha value is -0.860. The van der Waals surface area contributed by atoms with Crippen molar-refractivity contribution in [1.29, 1.82) is 0 Å². The van der Waals surface area contributed by atoms with E-state index in [0.29, 0.717) is 0 Å². The smallest absolute Gasteiger partial charge is 0.217 e. The quantitative estimate of drug-likeness (QED) is 0.677. The lowest BCUT2D eigenvalue weighted by Gasteiger charge is -2.13. The van der Waals surface area contributed by atoms with Gasteiger partial charge in [0.25, 0.3) is 0 Å². The maximum Gasteiger partial charge on any atom is 0.217 e. The standard InChI is InChI=1S/C9H17NO2/c1-4-5-6-9(7(2)11)10-8(3)12/h9H,4-6H2,1-3H3,(H,10,12)/t9-/m0/s1. The molecule has 0 unspecified atom stereocenters. The van der Waals surface area contributed by atoms with Gasteiger partial charge in [-0.1, -0.05) is 19.8 Å². The molecule has 0 fully saturated rings. The van der Waals surface area contributed by atoms with Gasteiger partial charge in [-0.05, 0) is 13.3 Å². The molecular weight excluding hydrogens is 154 g/mol. The van der Waals surface area contributed by atoms with Crippen molar-refractivity contribution in [3.63, 3.8) is 0 Å². The molecule has 0 spiro atoms. The highest BCUT2D eigenvalue weighted by atomic mass is 16.2. The van der Waals surface area contributed by atoms with E-state index in [2.05, 4.69) is 12.2 Å². The highest BCUT2D eigenvalue weighted by molar-refractivity contribution is 5.86. The van der Waals surface area contributed by atoms with Crippen LogP contribution in [0, 0.1) is 0 Å². The molecule has 0 aromatic rings. The minimum absolute atomic E-state index is 0.0404. The second-order valence-electron chi connectivity index (χ2n) is 3.01. The van der Waals surface area contributed by atoms with Crippen LogP contribution in [0.4, 0.5) is 0 Å². The molecule has 0 aliphatic heterocycles. The lowest BCUT2D eigenvalue weighted by atomic mass is 10.1. The molecule has 0 rings (SSSR count). The van der Waals surface area contributed by atoms with Gasteiger partial charge < -0.3 is 5.32 Å². The Bertz CT molecular complexity index is 166. The first kappa shape index (κ1) is 11.1. The van der Waals surface area contributed by atoms with Gasteiger partial charge in [0.15, 0.2) is 5.78 Å². The molecule has 1 N–H and O–H groups in total. The van der Waals surface area contributed by atoms with Gasteiger partial charge >= 0.3 is 0 Å². The van der Waals surface area contributed by atoms with Gasteiger partial charge in [-0.3, -0.25) is 9.59 Å². The van der Waals surface area contributed by atoms with E-state index >= 15 is 0 Å². The molecule has 0 saturated carbocycles. The molecule has 0 aromatic heterocycles. The van der Waals surface area contributed by atoms with Crippen LogP contribution in [0.3, 0.4) is 0 Å². The molecule has 0 heterocycles. The van der Waals surface area contributed by atoms with Crippen molar-refractivity contribution in [3.8, 4) is 0 Å². The average Bonchev–Trinajstić information content (AvgIpc) is 1.96. The highest BCUT2D eigenvalue weighted by Gasteiger charge is 2.13. The second kappa shape index (κ2) is 5.75. The molecule has 0 radical (unpaired) electrons. The van der Waals surface area contributed by atoms with Gasteiger partial charge in [-0.2, -0.15) is 0 Å². The van der Waals surface area contributed by atoms with Crippen LogP contribution in [-0.4, -0.2) is 17.7 Å². The van der Waals surface area contributed by atoms with E-state index in [1.807, 2.05) is 0 Å². The van der Waals surface area contributed by atoms with Crippen molar-refractivity contribution in [2.75, 3.05) is 0 Å². The molecule has 0 saturated heterocycles. The molecule has 0 aliphatic rings. The Morgan fingerprint density at radius 1 is 1.33 bits per heavy atom. The molecule has 0 aliphatic carbocycles. The zero-order valence-corrected chi connectivity index (χ0v) is 8.02. The van der Waals surface area contributed by atoms with Crippen LogP contribution in [0.25, 0.3) is 0 Å². The highest BCUT2D eigenvalue weighted by Crippen LogP contribution is 2.01. The first-order chi connectivity index (χ1) is 5.57. The number of Topliss-reactive ketones (excluding diaryl/α,β-unsaturated/α-hetero) is 1. The number of ketones is 1. The predicted octanol–water partition coefficient (Wildman–Crippen LogP) is 1.27. The van der Waals surface area contributed by atoms with Crippen molar-refractivity contribution in [2.24, 2.45) is 0 Å². The Balaban J connectivity index is 3.87. The van der Waals surface area contributed by atoms with Gasteiger partial charge in [0, 0.05) is 6.92 Å². The monoisotopic (exact) mass is 171 g/mol. The molecule has 3 heteroatoms. The van der Waals surface area contributed by atoms with Crippen molar-refractivity contribution >= 4 is 11.7 Å². The van der Waals surface area contributed by atoms with Crippen molar-refractivity contribution in [3.05, 3.63) is 0 Å². The summed E-state index contributed by atoms with van der Waals surface area (Å²) in [6.45, 7) is 5.00. The summed E-state index contributed by atoms with van der Waals surface area (Å²) in [6, 6.07) is -0.276. The summed E-state index contributed by atoms with van der Waals surface area (Å²) in [6.07, 6.45) is 2.78. The molecule has 70 valence electrons. The number of carbonyl (C=O) groups excluding carboxylic acids is 2. The van der Waals surface area contributed by atoms with Crippen LogP contribution < -0.4 is 5.32 Å². The molecular formula is C9H17NO2. The summed E-state index contributed by atoms with van der Waals surface area (Å²) in [5.74, 6) is -0.0926. The fourth-order valence-corrected chi connectivity index (χ4v) is 1.03. The molecule has 0 aromatic carbocycles.